The first-order valence-electron chi connectivity index (χ1n) is 8.68. The summed E-state index contributed by atoms with van der Waals surface area (Å²) in [5.41, 5.74) is 2.83. The Bertz CT molecular complexity index is 1210. The van der Waals surface area contributed by atoms with E-state index < -0.39 is 4.92 Å². The monoisotopic (exact) mass is 410 g/mol. The largest absolute Gasteiger partial charge is 0.347 e. The molecule has 7 nitrogen and oxygen atoms in total. The van der Waals surface area contributed by atoms with Crippen LogP contribution in [0.4, 0.5) is 10.1 Å². The molecule has 1 N–H and O–H groups in total. The molecule has 2 aromatic carbocycles. The maximum Gasteiger partial charge on any atom is 0.269 e. The maximum absolute atomic E-state index is 13.1. The summed E-state index contributed by atoms with van der Waals surface area (Å²) in [5, 5.41) is 13.5. The van der Waals surface area contributed by atoms with Gasteiger partial charge < -0.3 is 5.32 Å². The van der Waals surface area contributed by atoms with Crippen molar-refractivity contribution in [3.63, 3.8) is 0 Å². The first kappa shape index (κ1) is 18.8. The molecule has 4 aromatic rings. The molecule has 0 atom stereocenters. The molecule has 0 saturated carbocycles. The van der Waals surface area contributed by atoms with Gasteiger partial charge in [-0.3, -0.25) is 19.3 Å². The summed E-state index contributed by atoms with van der Waals surface area (Å²) >= 11 is 1.46. The molecule has 0 saturated heterocycles. The number of fused-ring (bicyclic) bond motifs is 1. The van der Waals surface area contributed by atoms with Crippen molar-refractivity contribution in [2.75, 3.05) is 0 Å². The predicted molar refractivity (Wildman–Crippen MR) is 107 cm³/mol. The smallest absolute Gasteiger partial charge is 0.269 e. The Morgan fingerprint density at radius 3 is 2.52 bits per heavy atom. The van der Waals surface area contributed by atoms with Crippen molar-refractivity contribution < 1.29 is 14.1 Å². The van der Waals surface area contributed by atoms with E-state index in [2.05, 4.69) is 10.3 Å². The van der Waals surface area contributed by atoms with Crippen molar-refractivity contribution >= 4 is 27.9 Å². The Kier molecular flexibility index (Phi) is 4.81. The summed E-state index contributed by atoms with van der Waals surface area (Å²) in [6.45, 7) is 2.26. The zero-order valence-corrected chi connectivity index (χ0v) is 16.1. The van der Waals surface area contributed by atoms with Crippen molar-refractivity contribution in [1.82, 2.24) is 14.7 Å². The number of nitro groups is 1. The van der Waals surface area contributed by atoms with E-state index >= 15 is 0 Å². The molecular formula is C20H15FN4O3S. The van der Waals surface area contributed by atoms with Crippen LogP contribution in [0.5, 0.6) is 0 Å². The first-order valence-corrected chi connectivity index (χ1v) is 9.50. The van der Waals surface area contributed by atoms with Crippen LogP contribution >= 0.6 is 11.3 Å². The molecule has 0 unspecified atom stereocenters. The number of aryl methyl sites for hydroxylation is 1. The number of imidazole rings is 1. The first-order chi connectivity index (χ1) is 13.9. The van der Waals surface area contributed by atoms with Gasteiger partial charge >= 0.3 is 0 Å². The van der Waals surface area contributed by atoms with Gasteiger partial charge in [-0.2, -0.15) is 0 Å². The third-order valence-electron chi connectivity index (χ3n) is 4.54. The van der Waals surface area contributed by atoms with Crippen molar-refractivity contribution in [3.8, 4) is 11.3 Å². The second kappa shape index (κ2) is 7.44. The second-order valence-electron chi connectivity index (χ2n) is 6.38. The SMILES string of the molecule is Cc1c(CNC(=O)c2ccc([N+](=O)[O-])cc2)sc2nc(-c3ccc(F)cc3)cn12. The molecule has 4 rings (SSSR count). The van der Waals surface area contributed by atoms with Gasteiger partial charge in [0.2, 0.25) is 0 Å². The van der Waals surface area contributed by atoms with Crippen LogP contribution in [0.3, 0.4) is 0 Å². The Balaban J connectivity index is 1.49. The molecule has 1 amide bonds. The number of non-ortho nitro benzene ring substituents is 1. The summed E-state index contributed by atoms with van der Waals surface area (Å²) in [4.78, 5) is 28.8. The molecule has 146 valence electrons. The zero-order chi connectivity index (χ0) is 20.5. The molecule has 0 aliphatic rings. The number of aromatic nitrogens is 2. The van der Waals surface area contributed by atoms with E-state index in [1.807, 2.05) is 17.5 Å². The highest BCUT2D eigenvalue weighted by Gasteiger charge is 2.15. The van der Waals surface area contributed by atoms with E-state index in [4.69, 9.17) is 0 Å². The minimum Gasteiger partial charge on any atom is -0.347 e. The highest BCUT2D eigenvalue weighted by molar-refractivity contribution is 7.17. The third kappa shape index (κ3) is 3.72. The van der Waals surface area contributed by atoms with Gasteiger partial charge in [-0.1, -0.05) is 11.3 Å². The minimum absolute atomic E-state index is 0.0613. The summed E-state index contributed by atoms with van der Waals surface area (Å²) in [5.74, 6) is -0.602. The Morgan fingerprint density at radius 2 is 1.90 bits per heavy atom. The van der Waals surface area contributed by atoms with E-state index in [-0.39, 0.29) is 17.4 Å². The second-order valence-corrected chi connectivity index (χ2v) is 7.44. The highest BCUT2D eigenvalue weighted by Crippen LogP contribution is 2.27. The molecule has 0 fully saturated rings. The topological polar surface area (TPSA) is 89.5 Å². The number of nitrogens with one attached hydrogen (secondary N) is 1. The van der Waals surface area contributed by atoms with Crippen molar-refractivity contribution in [2.24, 2.45) is 0 Å². The van der Waals surface area contributed by atoms with Gasteiger partial charge in [0.05, 0.1) is 17.2 Å². The molecule has 0 aliphatic heterocycles. The lowest BCUT2D eigenvalue weighted by Crippen LogP contribution is -2.22. The van der Waals surface area contributed by atoms with Crippen LogP contribution in [0.15, 0.2) is 54.7 Å². The number of amides is 1. The minimum atomic E-state index is -0.507. The molecule has 2 heterocycles. The van der Waals surface area contributed by atoms with Crippen LogP contribution < -0.4 is 5.32 Å². The number of hydrogen-bond acceptors (Lipinski definition) is 5. The highest BCUT2D eigenvalue weighted by atomic mass is 32.1. The molecule has 0 spiro atoms. The van der Waals surface area contributed by atoms with Gasteiger partial charge in [0.1, 0.15) is 5.82 Å². The summed E-state index contributed by atoms with van der Waals surface area (Å²) < 4.78 is 15.0. The molecule has 9 heteroatoms. The van der Waals surface area contributed by atoms with Crippen LogP contribution in [0.25, 0.3) is 16.2 Å². The van der Waals surface area contributed by atoms with Crippen molar-refractivity contribution in [1.29, 1.82) is 0 Å². The summed E-state index contributed by atoms with van der Waals surface area (Å²) in [6.07, 6.45) is 1.88. The molecule has 2 aromatic heterocycles. The van der Waals surface area contributed by atoms with Gasteiger partial charge in [-0.15, -0.1) is 0 Å². The quantitative estimate of drug-likeness (QED) is 0.391. The maximum atomic E-state index is 13.1. The number of hydrogen-bond donors (Lipinski definition) is 1. The standard InChI is InChI=1S/C20H15FN4O3S/c1-12-18(10-22-19(26)14-4-8-16(9-5-14)25(27)28)29-20-23-17(11-24(12)20)13-2-6-15(21)7-3-13/h2-9,11H,10H2,1H3,(H,22,26). The van der Waals surface area contributed by atoms with Crippen LogP contribution in [-0.4, -0.2) is 20.2 Å². The van der Waals surface area contributed by atoms with E-state index in [9.17, 15) is 19.3 Å². The van der Waals surface area contributed by atoms with Crippen molar-refractivity contribution in [3.05, 3.63) is 86.8 Å². The fourth-order valence-corrected chi connectivity index (χ4v) is 3.96. The predicted octanol–water partition coefficient (Wildman–Crippen LogP) is 4.35. The molecular weight excluding hydrogens is 395 g/mol. The lowest BCUT2D eigenvalue weighted by Gasteiger charge is -2.04. The van der Waals surface area contributed by atoms with Gasteiger partial charge in [-0.05, 0) is 43.3 Å². The van der Waals surface area contributed by atoms with Crippen LogP contribution in [0, 0.1) is 22.9 Å². The number of benzene rings is 2. The van der Waals surface area contributed by atoms with E-state index in [1.54, 1.807) is 12.1 Å². The molecule has 0 radical (unpaired) electrons. The number of carbonyl (C=O) groups is 1. The molecule has 0 bridgehead atoms. The molecule has 0 aliphatic carbocycles. The Labute approximate surface area is 168 Å². The third-order valence-corrected chi connectivity index (χ3v) is 5.70. The normalized spacial score (nSPS) is 11.0. The Morgan fingerprint density at radius 1 is 1.21 bits per heavy atom. The van der Waals surface area contributed by atoms with Gasteiger partial charge in [0.25, 0.3) is 11.6 Å². The number of rotatable bonds is 5. The molecule has 29 heavy (non-hydrogen) atoms. The zero-order valence-electron chi connectivity index (χ0n) is 15.3. The lowest BCUT2D eigenvalue weighted by atomic mass is 10.2. The van der Waals surface area contributed by atoms with Gasteiger partial charge in [0, 0.05) is 40.0 Å². The van der Waals surface area contributed by atoms with Gasteiger partial charge in [-0.25, -0.2) is 9.37 Å². The van der Waals surface area contributed by atoms with Gasteiger partial charge in [0.15, 0.2) is 4.96 Å². The number of carbonyl (C=O) groups excluding carboxylic acids is 1. The van der Waals surface area contributed by atoms with Crippen LogP contribution in [0.2, 0.25) is 0 Å². The van der Waals surface area contributed by atoms with Crippen LogP contribution in [0.1, 0.15) is 20.9 Å². The number of thiazole rings is 1. The number of nitro benzene ring substituents is 1. The fourth-order valence-electron chi connectivity index (χ4n) is 2.91. The fraction of sp³-hybridized carbons (Fsp3) is 0.100. The summed E-state index contributed by atoms with van der Waals surface area (Å²) in [7, 11) is 0. The van der Waals surface area contributed by atoms with Crippen molar-refractivity contribution in [2.45, 2.75) is 13.5 Å². The average Bonchev–Trinajstić information content (AvgIpc) is 3.26. The van der Waals surface area contributed by atoms with Crippen LogP contribution in [-0.2, 0) is 6.54 Å². The Hall–Kier alpha value is -3.59. The number of halogens is 1. The summed E-state index contributed by atoms with van der Waals surface area (Å²) in [6, 6.07) is 11.6. The van der Waals surface area contributed by atoms with E-state index in [0.29, 0.717) is 12.1 Å². The number of nitrogens with zero attached hydrogens (tertiary/aromatic N) is 3. The van der Waals surface area contributed by atoms with E-state index in [1.165, 1.54) is 47.7 Å². The lowest BCUT2D eigenvalue weighted by molar-refractivity contribution is -0.384. The average molecular weight is 410 g/mol. The van der Waals surface area contributed by atoms with E-state index in [0.717, 1.165) is 26.8 Å².